The maximum absolute atomic E-state index is 12.7. The molecule has 4 atom stereocenters. The lowest BCUT2D eigenvalue weighted by Gasteiger charge is -2.41. The van der Waals surface area contributed by atoms with Crippen LogP contribution in [0.25, 0.3) is 0 Å². The summed E-state index contributed by atoms with van der Waals surface area (Å²) in [6.45, 7) is 3.63. The molecule has 2 unspecified atom stereocenters. The van der Waals surface area contributed by atoms with E-state index in [1.807, 2.05) is 6.92 Å². The van der Waals surface area contributed by atoms with Crippen molar-refractivity contribution in [3.05, 3.63) is 33.1 Å². The Hall–Kier alpha value is -1.19. The molecule has 0 bridgehead atoms. The van der Waals surface area contributed by atoms with Crippen LogP contribution in [-0.4, -0.2) is 51.9 Å². The first-order chi connectivity index (χ1) is 13.3. The minimum atomic E-state index is -3.24. The lowest BCUT2D eigenvalue weighted by Crippen LogP contribution is -2.44. The average molecular weight is 431 g/mol. The van der Waals surface area contributed by atoms with Gasteiger partial charge in [-0.3, -0.25) is 23.9 Å². The molecule has 0 saturated carbocycles. The van der Waals surface area contributed by atoms with E-state index in [0.717, 1.165) is 12.2 Å². The van der Waals surface area contributed by atoms with Gasteiger partial charge in [0.25, 0.3) is 5.56 Å². The number of aromatic amines is 1. The zero-order chi connectivity index (χ0) is 20.4. The molecule has 3 heterocycles. The normalized spacial score (nSPS) is 31.9. The molecule has 1 N–H and O–H groups in total. The highest BCUT2D eigenvalue weighted by Gasteiger charge is 2.61. The molecule has 2 aliphatic heterocycles. The van der Waals surface area contributed by atoms with Crippen LogP contribution in [0.3, 0.4) is 0 Å². The van der Waals surface area contributed by atoms with Gasteiger partial charge < -0.3 is 13.8 Å². The molecule has 1 aromatic heterocycles. The van der Waals surface area contributed by atoms with Gasteiger partial charge in [0.05, 0.1) is 4.75 Å². The Morgan fingerprint density at radius 3 is 2.82 bits per heavy atom. The zero-order valence-corrected chi connectivity index (χ0v) is 18.0. The monoisotopic (exact) mass is 431 g/mol. The van der Waals surface area contributed by atoms with Crippen LogP contribution >= 0.6 is 19.4 Å². The highest BCUT2D eigenvalue weighted by atomic mass is 32.2. The van der Waals surface area contributed by atoms with Gasteiger partial charge >= 0.3 is 13.3 Å². The number of nitrogens with zero attached hydrogens (tertiary/aromatic N) is 2. The van der Waals surface area contributed by atoms with Gasteiger partial charge in [0.1, 0.15) is 6.61 Å². The van der Waals surface area contributed by atoms with Gasteiger partial charge in [-0.05, 0) is 31.7 Å². The third kappa shape index (κ3) is 4.07. The summed E-state index contributed by atoms with van der Waals surface area (Å²) >= 11 is 1.70. The summed E-state index contributed by atoms with van der Waals surface area (Å²) < 4.78 is 30.9. The molecule has 11 heteroatoms. The van der Waals surface area contributed by atoms with Gasteiger partial charge in [-0.25, -0.2) is 4.79 Å². The van der Waals surface area contributed by atoms with Crippen molar-refractivity contribution in [2.24, 2.45) is 4.99 Å². The van der Waals surface area contributed by atoms with Crippen molar-refractivity contribution in [2.75, 3.05) is 25.6 Å². The molecule has 156 valence electrons. The number of rotatable bonds is 8. The Balaban J connectivity index is 1.92. The minimum Gasteiger partial charge on any atom is -0.326 e. The van der Waals surface area contributed by atoms with E-state index in [2.05, 4.69) is 9.98 Å². The van der Waals surface area contributed by atoms with Gasteiger partial charge in [0.15, 0.2) is 12.0 Å². The van der Waals surface area contributed by atoms with Crippen LogP contribution in [0.2, 0.25) is 0 Å². The third-order valence-electron chi connectivity index (χ3n) is 5.00. The topological polar surface area (TPSA) is 112 Å². The first kappa shape index (κ1) is 21.5. The molecular formula is C17H26N3O6PS. The van der Waals surface area contributed by atoms with Crippen LogP contribution in [0.15, 0.2) is 26.8 Å². The van der Waals surface area contributed by atoms with Crippen molar-refractivity contribution in [1.29, 1.82) is 0 Å². The van der Waals surface area contributed by atoms with E-state index in [0.29, 0.717) is 19.0 Å². The molecule has 9 nitrogen and oxygen atoms in total. The molecule has 2 fully saturated rings. The van der Waals surface area contributed by atoms with E-state index in [1.165, 1.54) is 23.9 Å². The van der Waals surface area contributed by atoms with Gasteiger partial charge in [0, 0.05) is 32.0 Å². The van der Waals surface area contributed by atoms with E-state index in [-0.39, 0.29) is 11.4 Å². The summed E-state index contributed by atoms with van der Waals surface area (Å²) in [5.41, 5.74) is -2.07. The first-order valence-electron chi connectivity index (χ1n) is 9.23. The second-order valence-electron chi connectivity index (χ2n) is 6.95. The quantitative estimate of drug-likeness (QED) is 0.497. The van der Waals surface area contributed by atoms with Crippen LogP contribution in [0.1, 0.15) is 39.3 Å². The molecule has 2 aliphatic rings. The average Bonchev–Trinajstić information content (AvgIpc) is 2.97. The van der Waals surface area contributed by atoms with Crippen LogP contribution in [-0.2, 0) is 18.3 Å². The minimum absolute atomic E-state index is 0.0423. The number of hydrogen-bond donors (Lipinski definition) is 1. The Morgan fingerprint density at radius 1 is 1.54 bits per heavy atom. The number of aliphatic imine (C=N–C) groups is 1. The number of nitrogens with one attached hydrogen (secondary N) is 1. The summed E-state index contributed by atoms with van der Waals surface area (Å²) in [5, 5.41) is 0. The first-order valence-corrected chi connectivity index (χ1v) is 11.9. The summed E-state index contributed by atoms with van der Waals surface area (Å²) in [6.07, 6.45) is 4.75. The number of hydrogen-bond acceptors (Lipinski definition) is 8. The van der Waals surface area contributed by atoms with Crippen LogP contribution < -0.4 is 11.2 Å². The van der Waals surface area contributed by atoms with Gasteiger partial charge in [0.2, 0.25) is 0 Å². The molecule has 0 radical (unpaired) electrons. The predicted octanol–water partition coefficient (Wildman–Crippen LogP) is 2.38. The summed E-state index contributed by atoms with van der Waals surface area (Å²) in [6, 6.07) is 1.29. The highest BCUT2D eigenvalue weighted by Crippen LogP contribution is 2.60. The molecule has 2 saturated heterocycles. The molecule has 1 spiro atoms. The fourth-order valence-electron chi connectivity index (χ4n) is 3.65. The van der Waals surface area contributed by atoms with E-state index < -0.39 is 30.8 Å². The van der Waals surface area contributed by atoms with Crippen LogP contribution in [0.4, 0.5) is 0 Å². The van der Waals surface area contributed by atoms with Gasteiger partial charge in [-0.15, -0.1) is 0 Å². The van der Waals surface area contributed by atoms with Crippen molar-refractivity contribution < 1.29 is 18.3 Å². The highest BCUT2D eigenvalue weighted by molar-refractivity contribution is 8.02. The SMILES string of the molecule is C/C=N/[C@@]1(COP(=O)(CCC)OC)CC2(CCS2)[C@H](n2ccc(=O)[nH]c2=O)O1. The lowest BCUT2D eigenvalue weighted by atomic mass is 9.95. The van der Waals surface area contributed by atoms with Gasteiger partial charge in [-0.2, -0.15) is 11.8 Å². The molecule has 0 aromatic carbocycles. The fourth-order valence-corrected chi connectivity index (χ4v) is 6.37. The maximum Gasteiger partial charge on any atom is 0.330 e. The Bertz CT molecular complexity index is 895. The van der Waals surface area contributed by atoms with E-state index in [1.54, 1.807) is 24.9 Å². The number of ether oxygens (including phenoxy) is 1. The lowest BCUT2D eigenvalue weighted by molar-refractivity contribution is -0.0940. The number of aromatic nitrogens is 2. The Labute approximate surface area is 167 Å². The zero-order valence-electron chi connectivity index (χ0n) is 16.3. The second kappa shape index (κ2) is 8.28. The van der Waals surface area contributed by atoms with E-state index in [4.69, 9.17) is 13.8 Å². The molecule has 0 amide bonds. The molecule has 1 aromatic rings. The summed E-state index contributed by atoms with van der Waals surface area (Å²) in [5.74, 6) is 0.942. The number of H-pyrrole nitrogens is 1. The maximum atomic E-state index is 12.7. The standard InChI is InChI=1S/C17H26N3O6PS/c1-4-9-27(23,24-3)25-12-17(18-5-2)11-16(7-10-28-16)14(26-17)20-8-6-13(21)19-15(20)22/h5-6,8,14H,4,7,9-12H2,1-3H3,(H,19,21,22)/b18-5+/t14-,16?,17+,27?/m1/s1. The largest absolute Gasteiger partial charge is 0.330 e. The van der Waals surface area contributed by atoms with E-state index >= 15 is 0 Å². The Kier molecular flexibility index (Phi) is 6.36. The fraction of sp³-hybridized carbons (Fsp3) is 0.706. The predicted molar refractivity (Wildman–Crippen MR) is 108 cm³/mol. The van der Waals surface area contributed by atoms with Gasteiger partial charge in [-0.1, -0.05) is 6.92 Å². The third-order valence-corrected chi connectivity index (χ3v) is 8.61. The van der Waals surface area contributed by atoms with E-state index in [9.17, 15) is 14.2 Å². The van der Waals surface area contributed by atoms with Crippen molar-refractivity contribution in [3.63, 3.8) is 0 Å². The van der Waals surface area contributed by atoms with Crippen LogP contribution in [0.5, 0.6) is 0 Å². The van der Waals surface area contributed by atoms with Crippen molar-refractivity contribution in [3.8, 4) is 0 Å². The van der Waals surface area contributed by atoms with Crippen LogP contribution in [0, 0.1) is 0 Å². The van der Waals surface area contributed by atoms with Crippen molar-refractivity contribution in [2.45, 2.75) is 49.8 Å². The molecule has 28 heavy (non-hydrogen) atoms. The number of thioether (sulfide) groups is 1. The molecule has 0 aliphatic carbocycles. The summed E-state index contributed by atoms with van der Waals surface area (Å²) in [4.78, 5) is 30.6. The molecule has 3 rings (SSSR count). The molecular weight excluding hydrogens is 405 g/mol. The second-order valence-corrected chi connectivity index (χ2v) is 10.8. The van der Waals surface area contributed by atoms with Crippen molar-refractivity contribution >= 4 is 25.6 Å². The van der Waals surface area contributed by atoms with Crippen molar-refractivity contribution in [1.82, 2.24) is 9.55 Å². The summed E-state index contributed by atoms with van der Waals surface area (Å²) in [7, 11) is -1.87. The Morgan fingerprint density at radius 2 is 2.29 bits per heavy atom. The smallest absolute Gasteiger partial charge is 0.326 e.